The summed E-state index contributed by atoms with van der Waals surface area (Å²) in [6.45, 7) is 0. The van der Waals surface area contributed by atoms with Crippen LogP contribution in [0.5, 0.6) is 0 Å². The fourth-order valence-corrected chi connectivity index (χ4v) is 2.31. The van der Waals surface area contributed by atoms with Gasteiger partial charge in [-0.05, 0) is 0 Å². The first-order valence-corrected chi connectivity index (χ1v) is 8.82. The third-order valence-corrected chi connectivity index (χ3v) is 3.19. The van der Waals surface area contributed by atoms with Gasteiger partial charge in [-0.3, -0.25) is 0 Å². The molecule has 0 saturated heterocycles. The van der Waals surface area contributed by atoms with Crippen LogP contribution >= 0.6 is 9.30 Å². The monoisotopic (exact) mass is 326 g/mol. The summed E-state index contributed by atoms with van der Waals surface area (Å²) in [6, 6.07) is 31.6. The summed E-state index contributed by atoms with van der Waals surface area (Å²) >= 11 is 1.47. The average Bonchev–Trinajstić information content (AvgIpc) is 2.60. The summed E-state index contributed by atoms with van der Waals surface area (Å²) in [6.07, 6.45) is 0. The summed E-state index contributed by atoms with van der Waals surface area (Å²) in [4.78, 5) is 0. The van der Waals surface area contributed by atoms with Crippen LogP contribution in [0.2, 0.25) is 0 Å². The molecule has 0 spiro atoms. The molecule has 0 aliphatic heterocycles. The van der Waals surface area contributed by atoms with Gasteiger partial charge < -0.3 is 0 Å². The molecule has 3 aromatic rings. The molecule has 0 N–H and O–H groups in total. The van der Waals surface area contributed by atoms with Gasteiger partial charge in [-0.15, -0.1) is 0 Å². The van der Waals surface area contributed by atoms with Crippen LogP contribution in [-0.4, -0.2) is 0 Å². The SMILES string of the molecule is [Cl][Ti+].c1ccc([C-](c2ccccc2)c2ccccc2)cc1. The molecule has 0 aliphatic rings. The second kappa shape index (κ2) is 8.74. The van der Waals surface area contributed by atoms with Gasteiger partial charge >= 0.3 is 28.7 Å². The Balaban J connectivity index is 0.000000774. The molecule has 3 rings (SSSR count). The van der Waals surface area contributed by atoms with Crippen LogP contribution in [0.25, 0.3) is 0 Å². The van der Waals surface area contributed by atoms with Crippen molar-refractivity contribution in [3.63, 3.8) is 0 Å². The number of hydrogen-bond acceptors (Lipinski definition) is 0. The topological polar surface area (TPSA) is 0 Å². The first-order valence-electron chi connectivity index (χ1n) is 6.67. The molecule has 0 radical (unpaired) electrons. The van der Waals surface area contributed by atoms with Gasteiger partial charge in [0, 0.05) is 0 Å². The maximum Gasteiger partial charge on any atom is -0.0710 e. The number of benzene rings is 3. The molecular formula is C19H15ClTi. The Labute approximate surface area is 142 Å². The second-order valence-electron chi connectivity index (χ2n) is 4.47. The van der Waals surface area contributed by atoms with E-state index in [1.54, 1.807) is 0 Å². The van der Waals surface area contributed by atoms with Crippen molar-refractivity contribution < 1.29 is 19.4 Å². The molecule has 0 unspecified atom stereocenters. The minimum Gasteiger partial charge on any atom is -0.0999 e. The Morgan fingerprint density at radius 1 is 0.476 bits per heavy atom. The van der Waals surface area contributed by atoms with Gasteiger partial charge in [0.25, 0.3) is 0 Å². The quantitative estimate of drug-likeness (QED) is 0.344. The Hall–Kier alpha value is -1.47. The Kier molecular flexibility index (Phi) is 6.62. The molecule has 0 fully saturated rings. The van der Waals surface area contributed by atoms with Gasteiger partial charge in [0.1, 0.15) is 0 Å². The Morgan fingerprint density at radius 3 is 0.952 bits per heavy atom. The van der Waals surface area contributed by atoms with Crippen LogP contribution in [0.4, 0.5) is 0 Å². The fraction of sp³-hybridized carbons (Fsp3) is 0. The summed E-state index contributed by atoms with van der Waals surface area (Å²) in [7, 11) is 4.64. The molecule has 0 saturated carbocycles. The number of halogens is 1. The molecule has 0 aliphatic carbocycles. The summed E-state index contributed by atoms with van der Waals surface area (Å²) in [5, 5.41) is 0. The van der Waals surface area contributed by atoms with E-state index in [9.17, 15) is 0 Å². The minimum atomic E-state index is 1.25. The van der Waals surface area contributed by atoms with E-state index in [0.717, 1.165) is 0 Å². The van der Waals surface area contributed by atoms with Crippen molar-refractivity contribution in [2.75, 3.05) is 0 Å². The third kappa shape index (κ3) is 4.25. The number of rotatable bonds is 3. The molecule has 0 atom stereocenters. The predicted molar refractivity (Wildman–Crippen MR) is 85.7 cm³/mol. The maximum absolute atomic E-state index is 4.64. The van der Waals surface area contributed by atoms with Crippen LogP contribution in [0.1, 0.15) is 16.7 Å². The molecule has 0 nitrogen and oxygen atoms in total. The van der Waals surface area contributed by atoms with Crippen LogP contribution < -0.4 is 0 Å². The molecule has 3 aromatic carbocycles. The van der Waals surface area contributed by atoms with E-state index in [0.29, 0.717) is 0 Å². The average molecular weight is 327 g/mol. The summed E-state index contributed by atoms with van der Waals surface area (Å²) < 4.78 is 0. The molecule has 21 heavy (non-hydrogen) atoms. The van der Waals surface area contributed by atoms with Crippen molar-refractivity contribution >= 4 is 9.30 Å². The number of hydrogen-bond donors (Lipinski definition) is 0. The summed E-state index contributed by atoms with van der Waals surface area (Å²) in [5.74, 6) is 1.28. The van der Waals surface area contributed by atoms with Crippen LogP contribution in [0.15, 0.2) is 91.0 Å². The largest absolute Gasteiger partial charge is 0.0999 e. The molecule has 2 heteroatoms. The molecule has 0 bridgehead atoms. The standard InChI is InChI=1S/C19H15.ClH.Ti/c1-4-10-16(11-5-1)19(17-12-6-2-7-13-17)18-14-8-3-9-15-18;;/h1-15H;1H;/q-1;;+2/p-1. The fourth-order valence-electron chi connectivity index (χ4n) is 2.31. The minimum absolute atomic E-state index is 1.25. The molecular weight excluding hydrogens is 312 g/mol. The van der Waals surface area contributed by atoms with E-state index in [1.165, 1.54) is 42.0 Å². The van der Waals surface area contributed by atoms with Gasteiger partial charge in [-0.2, -0.15) is 0 Å². The molecule has 0 amide bonds. The van der Waals surface area contributed by atoms with E-state index in [1.807, 2.05) is 0 Å². The molecule has 0 aromatic heterocycles. The van der Waals surface area contributed by atoms with Crippen molar-refractivity contribution in [1.82, 2.24) is 0 Å². The van der Waals surface area contributed by atoms with E-state index in [4.69, 9.17) is 0 Å². The van der Waals surface area contributed by atoms with E-state index >= 15 is 0 Å². The van der Waals surface area contributed by atoms with Gasteiger partial charge in [0.15, 0.2) is 0 Å². The summed E-state index contributed by atoms with van der Waals surface area (Å²) in [5.41, 5.74) is 3.75. The van der Waals surface area contributed by atoms with Gasteiger partial charge in [0.2, 0.25) is 0 Å². The second-order valence-corrected chi connectivity index (χ2v) is 4.47. The van der Waals surface area contributed by atoms with Crippen molar-refractivity contribution in [1.29, 1.82) is 0 Å². The van der Waals surface area contributed by atoms with Crippen LogP contribution in [-0.2, 0) is 19.4 Å². The van der Waals surface area contributed by atoms with E-state index < -0.39 is 0 Å². The predicted octanol–water partition coefficient (Wildman–Crippen LogP) is 5.39. The van der Waals surface area contributed by atoms with Crippen molar-refractivity contribution in [2.24, 2.45) is 0 Å². The van der Waals surface area contributed by atoms with Gasteiger partial charge in [-0.25, -0.2) is 0 Å². The smallest absolute Gasteiger partial charge is 0.0710 e. The van der Waals surface area contributed by atoms with Crippen molar-refractivity contribution in [3.05, 3.63) is 114 Å². The van der Waals surface area contributed by atoms with Crippen molar-refractivity contribution in [3.8, 4) is 0 Å². The Morgan fingerprint density at radius 2 is 0.714 bits per heavy atom. The normalized spacial score (nSPS) is 9.33. The van der Waals surface area contributed by atoms with Gasteiger partial charge in [0.05, 0.1) is 0 Å². The van der Waals surface area contributed by atoms with E-state index in [2.05, 4.69) is 100 Å². The maximum atomic E-state index is 4.64. The Bertz CT molecular complexity index is 530. The zero-order chi connectivity index (χ0) is 14.9. The zero-order valence-electron chi connectivity index (χ0n) is 11.5. The van der Waals surface area contributed by atoms with E-state index in [-0.39, 0.29) is 0 Å². The first kappa shape index (κ1) is 15.9. The van der Waals surface area contributed by atoms with Crippen LogP contribution in [0, 0.1) is 5.92 Å². The zero-order valence-corrected chi connectivity index (χ0v) is 13.9. The van der Waals surface area contributed by atoms with Crippen molar-refractivity contribution in [2.45, 2.75) is 0 Å². The van der Waals surface area contributed by atoms with Crippen LogP contribution in [0.3, 0.4) is 0 Å². The molecule has 0 heterocycles. The van der Waals surface area contributed by atoms with Gasteiger partial charge in [-0.1, -0.05) is 114 Å². The third-order valence-electron chi connectivity index (χ3n) is 3.19. The molecule has 102 valence electrons. The first-order chi connectivity index (χ1) is 10.4.